The van der Waals surface area contributed by atoms with Crippen molar-refractivity contribution in [3.63, 3.8) is 0 Å². The second kappa shape index (κ2) is 7.64. The fraction of sp³-hybridized carbons (Fsp3) is 0.643. The molecule has 0 aliphatic heterocycles. The molecule has 0 unspecified atom stereocenters. The summed E-state index contributed by atoms with van der Waals surface area (Å²) in [5.74, 6) is 0. The van der Waals surface area contributed by atoms with Crippen LogP contribution in [-0.2, 0) is 0 Å². The largest absolute Gasteiger partial charge is 0.125 e. The maximum Gasteiger partial charge on any atom is -0.00592 e. The first-order chi connectivity index (χ1) is 6.93. The Hall–Kier alpha value is -0.740. The Labute approximate surface area is 88.4 Å². The van der Waals surface area contributed by atoms with E-state index < -0.39 is 0 Å². The van der Waals surface area contributed by atoms with E-state index >= 15 is 0 Å². The van der Waals surface area contributed by atoms with Crippen LogP contribution < -0.4 is 0 Å². The molecule has 0 amide bonds. The average Bonchev–Trinajstić information content (AvgIpc) is 2.25. The number of unbranched alkanes of at least 4 members (excludes halogenated alkanes) is 5. The van der Waals surface area contributed by atoms with E-state index in [9.17, 15) is 0 Å². The highest BCUT2D eigenvalue weighted by atomic mass is 14.0. The van der Waals surface area contributed by atoms with Crippen LogP contribution in [0.5, 0.6) is 0 Å². The predicted molar refractivity (Wildman–Crippen MR) is 63.3 cm³/mol. The second-order valence-electron chi connectivity index (χ2n) is 4.08. The van der Waals surface area contributed by atoms with Crippen LogP contribution in [0, 0.1) is 0 Å². The maximum atomic E-state index is 3.11. The van der Waals surface area contributed by atoms with Crippen molar-refractivity contribution in [2.75, 3.05) is 0 Å². The summed E-state index contributed by atoms with van der Waals surface area (Å²) < 4.78 is 0. The first-order valence-electron chi connectivity index (χ1n) is 6.02. The lowest BCUT2D eigenvalue weighted by Crippen LogP contribution is -1.85. The molecule has 0 atom stereocenters. The minimum absolute atomic E-state index is 1.13. The third kappa shape index (κ3) is 5.09. The third-order valence-corrected chi connectivity index (χ3v) is 2.75. The molecule has 14 heavy (non-hydrogen) atoms. The molecule has 0 aromatic heterocycles. The Bertz CT molecular complexity index is 226. The molecule has 1 rings (SSSR count). The van der Waals surface area contributed by atoms with Gasteiger partial charge in [-0.15, -0.1) is 5.73 Å². The SMILES string of the molecule is CCCCCCCCC1=CC=C=CC1. The highest BCUT2D eigenvalue weighted by Crippen LogP contribution is 2.16. The van der Waals surface area contributed by atoms with Gasteiger partial charge >= 0.3 is 0 Å². The van der Waals surface area contributed by atoms with E-state index in [1.165, 1.54) is 44.9 Å². The Morgan fingerprint density at radius 1 is 1.14 bits per heavy atom. The van der Waals surface area contributed by atoms with Crippen LogP contribution in [0.25, 0.3) is 0 Å². The average molecular weight is 190 g/mol. The molecule has 0 heterocycles. The molecule has 0 nitrogen and oxygen atoms in total. The van der Waals surface area contributed by atoms with Crippen LogP contribution >= 0.6 is 0 Å². The molecule has 0 bridgehead atoms. The van der Waals surface area contributed by atoms with Crippen LogP contribution in [-0.4, -0.2) is 0 Å². The highest BCUT2D eigenvalue weighted by Gasteiger charge is 1.96. The molecule has 0 N–H and O–H groups in total. The van der Waals surface area contributed by atoms with Gasteiger partial charge < -0.3 is 0 Å². The van der Waals surface area contributed by atoms with Crippen molar-refractivity contribution in [3.05, 3.63) is 29.5 Å². The maximum absolute atomic E-state index is 3.11. The van der Waals surface area contributed by atoms with Crippen LogP contribution in [0.15, 0.2) is 29.5 Å². The molecule has 78 valence electrons. The standard InChI is InChI=1S/C14H22/c1-2-3-4-5-6-8-11-14-12-9-7-10-13-14/h9-10,12H,2-6,8,11,13H2,1H3. The predicted octanol–water partition coefficient (Wildman–Crippen LogP) is 4.78. The summed E-state index contributed by atoms with van der Waals surface area (Å²) in [6, 6.07) is 0. The molecule has 0 aromatic rings. The van der Waals surface area contributed by atoms with Gasteiger partial charge in [0.25, 0.3) is 0 Å². The molecule has 1 aliphatic carbocycles. The van der Waals surface area contributed by atoms with Gasteiger partial charge in [-0.05, 0) is 31.4 Å². The summed E-state index contributed by atoms with van der Waals surface area (Å²) in [5, 5.41) is 0. The van der Waals surface area contributed by atoms with Gasteiger partial charge in [0.15, 0.2) is 0 Å². The molecule has 0 aromatic carbocycles. The summed E-state index contributed by atoms with van der Waals surface area (Å²) >= 11 is 0. The van der Waals surface area contributed by atoms with E-state index in [1.54, 1.807) is 5.57 Å². The molecular formula is C14H22. The number of hydrogen-bond donors (Lipinski definition) is 0. The topological polar surface area (TPSA) is 0 Å². The molecule has 0 radical (unpaired) electrons. The van der Waals surface area contributed by atoms with E-state index in [4.69, 9.17) is 0 Å². The van der Waals surface area contributed by atoms with Crippen LogP contribution in [0.1, 0.15) is 58.3 Å². The van der Waals surface area contributed by atoms with Crippen LogP contribution in [0.4, 0.5) is 0 Å². The van der Waals surface area contributed by atoms with Gasteiger partial charge in [0.2, 0.25) is 0 Å². The number of allylic oxidation sites excluding steroid dienone is 3. The first-order valence-corrected chi connectivity index (χ1v) is 6.02. The van der Waals surface area contributed by atoms with Crippen molar-refractivity contribution in [2.24, 2.45) is 0 Å². The first kappa shape index (κ1) is 11.3. The van der Waals surface area contributed by atoms with Crippen molar-refractivity contribution in [3.8, 4) is 0 Å². The molecule has 0 spiro atoms. The lowest BCUT2D eigenvalue weighted by atomic mass is 10.0. The summed E-state index contributed by atoms with van der Waals surface area (Å²) in [4.78, 5) is 0. The molecule has 0 saturated heterocycles. The quantitative estimate of drug-likeness (QED) is 0.400. The lowest BCUT2D eigenvalue weighted by molar-refractivity contribution is 0.604. The van der Waals surface area contributed by atoms with E-state index in [2.05, 4.69) is 24.8 Å². The molecule has 1 aliphatic rings. The van der Waals surface area contributed by atoms with Gasteiger partial charge in [-0.2, -0.15) is 0 Å². The van der Waals surface area contributed by atoms with Gasteiger partial charge in [-0.1, -0.05) is 50.7 Å². The lowest BCUT2D eigenvalue weighted by Gasteiger charge is -2.05. The van der Waals surface area contributed by atoms with Crippen molar-refractivity contribution in [2.45, 2.75) is 58.3 Å². The van der Waals surface area contributed by atoms with Gasteiger partial charge in [0.05, 0.1) is 0 Å². The molecule has 0 heteroatoms. The Kier molecular flexibility index (Phi) is 6.19. The van der Waals surface area contributed by atoms with Gasteiger partial charge in [0.1, 0.15) is 0 Å². The minimum Gasteiger partial charge on any atom is -0.125 e. The third-order valence-electron chi connectivity index (χ3n) is 2.75. The number of hydrogen-bond acceptors (Lipinski definition) is 0. The van der Waals surface area contributed by atoms with Crippen molar-refractivity contribution < 1.29 is 0 Å². The Morgan fingerprint density at radius 3 is 2.64 bits per heavy atom. The fourth-order valence-electron chi connectivity index (χ4n) is 1.81. The normalized spacial score (nSPS) is 14.5. The summed E-state index contributed by atoms with van der Waals surface area (Å²) in [6.07, 6.45) is 17.2. The molecule has 0 saturated carbocycles. The van der Waals surface area contributed by atoms with Crippen LogP contribution in [0.2, 0.25) is 0 Å². The minimum atomic E-state index is 1.13. The number of rotatable bonds is 7. The van der Waals surface area contributed by atoms with Gasteiger partial charge in [-0.25, -0.2) is 0 Å². The van der Waals surface area contributed by atoms with E-state index in [-0.39, 0.29) is 0 Å². The summed E-state index contributed by atoms with van der Waals surface area (Å²) in [7, 11) is 0. The zero-order valence-corrected chi connectivity index (χ0v) is 9.39. The smallest absolute Gasteiger partial charge is 0.00592 e. The van der Waals surface area contributed by atoms with E-state index in [0.29, 0.717) is 0 Å². The Balaban J connectivity index is 1.94. The molecule has 0 fully saturated rings. The van der Waals surface area contributed by atoms with Gasteiger partial charge in [-0.3, -0.25) is 0 Å². The molecular weight excluding hydrogens is 168 g/mol. The summed E-state index contributed by atoms with van der Waals surface area (Å²) in [6.45, 7) is 2.27. The van der Waals surface area contributed by atoms with Crippen molar-refractivity contribution >= 4 is 0 Å². The zero-order valence-electron chi connectivity index (χ0n) is 9.39. The van der Waals surface area contributed by atoms with E-state index in [1.807, 2.05) is 6.08 Å². The highest BCUT2D eigenvalue weighted by molar-refractivity contribution is 5.19. The van der Waals surface area contributed by atoms with E-state index in [0.717, 1.165) is 6.42 Å². The monoisotopic (exact) mass is 190 g/mol. The van der Waals surface area contributed by atoms with Crippen molar-refractivity contribution in [1.29, 1.82) is 0 Å². The van der Waals surface area contributed by atoms with Crippen LogP contribution in [0.3, 0.4) is 0 Å². The second-order valence-corrected chi connectivity index (χ2v) is 4.08. The van der Waals surface area contributed by atoms with Gasteiger partial charge in [0, 0.05) is 0 Å². The summed E-state index contributed by atoms with van der Waals surface area (Å²) in [5.41, 5.74) is 4.69. The fourth-order valence-corrected chi connectivity index (χ4v) is 1.81. The van der Waals surface area contributed by atoms with Crippen molar-refractivity contribution in [1.82, 2.24) is 0 Å². The zero-order chi connectivity index (χ0) is 10.1. The Morgan fingerprint density at radius 2 is 1.93 bits per heavy atom.